The average molecular weight is 453 g/mol. The Bertz CT molecular complexity index is 1320. The topological polar surface area (TPSA) is 62.5 Å². The van der Waals surface area contributed by atoms with Gasteiger partial charge in [0.2, 0.25) is 11.8 Å². The second-order valence-corrected chi connectivity index (χ2v) is 8.86. The number of carbonyl (C=O) groups is 1. The summed E-state index contributed by atoms with van der Waals surface area (Å²) in [6, 6.07) is 21.8. The third kappa shape index (κ3) is 4.31. The van der Waals surface area contributed by atoms with Gasteiger partial charge in [-0.3, -0.25) is 4.79 Å². The fourth-order valence-corrected chi connectivity index (χ4v) is 4.40. The summed E-state index contributed by atoms with van der Waals surface area (Å²) in [5.41, 5.74) is 7.36. The smallest absolute Gasteiger partial charge is 0.253 e. The monoisotopic (exact) mass is 452 g/mol. The van der Waals surface area contributed by atoms with E-state index < -0.39 is 0 Å². The van der Waals surface area contributed by atoms with E-state index in [-0.39, 0.29) is 5.91 Å². The number of hydrogen-bond acceptors (Lipinski definition) is 5. The van der Waals surface area contributed by atoms with Crippen molar-refractivity contribution in [3.8, 4) is 22.9 Å². The molecule has 1 fully saturated rings. The molecule has 34 heavy (non-hydrogen) atoms. The largest absolute Gasteiger partial charge is 0.416 e. The van der Waals surface area contributed by atoms with E-state index >= 15 is 0 Å². The minimum Gasteiger partial charge on any atom is -0.416 e. The molecule has 6 heteroatoms. The Labute approximate surface area is 199 Å². The number of amides is 1. The lowest BCUT2D eigenvalue weighted by Crippen LogP contribution is -2.49. The molecule has 1 aliphatic rings. The van der Waals surface area contributed by atoms with E-state index in [0.717, 1.165) is 29.8 Å². The van der Waals surface area contributed by atoms with Gasteiger partial charge in [0.05, 0.1) is 0 Å². The molecule has 1 saturated heterocycles. The zero-order valence-electron chi connectivity index (χ0n) is 19.8. The van der Waals surface area contributed by atoms with Crippen LogP contribution >= 0.6 is 0 Å². The molecule has 4 aromatic rings. The van der Waals surface area contributed by atoms with Gasteiger partial charge in [-0.1, -0.05) is 29.8 Å². The van der Waals surface area contributed by atoms with E-state index in [9.17, 15) is 4.79 Å². The van der Waals surface area contributed by atoms with Gasteiger partial charge in [-0.15, -0.1) is 10.2 Å². The molecule has 0 N–H and O–H groups in total. The molecule has 0 aliphatic carbocycles. The van der Waals surface area contributed by atoms with Gasteiger partial charge < -0.3 is 14.2 Å². The van der Waals surface area contributed by atoms with Crippen molar-refractivity contribution in [3.05, 3.63) is 89.0 Å². The summed E-state index contributed by atoms with van der Waals surface area (Å²) in [7, 11) is 0. The van der Waals surface area contributed by atoms with Crippen molar-refractivity contribution >= 4 is 11.6 Å². The summed E-state index contributed by atoms with van der Waals surface area (Å²) in [6.45, 7) is 9.40. The summed E-state index contributed by atoms with van der Waals surface area (Å²) in [6.07, 6.45) is 0. The van der Waals surface area contributed by atoms with Gasteiger partial charge in [0.1, 0.15) is 0 Å². The average Bonchev–Trinajstić information content (AvgIpc) is 3.36. The number of aromatic nitrogens is 2. The number of hydrogen-bond donors (Lipinski definition) is 0. The van der Waals surface area contributed by atoms with E-state index in [2.05, 4.69) is 47.1 Å². The quantitative estimate of drug-likeness (QED) is 0.421. The first-order valence-corrected chi connectivity index (χ1v) is 11.6. The van der Waals surface area contributed by atoms with Crippen molar-refractivity contribution in [2.75, 3.05) is 31.1 Å². The number of aryl methyl sites for hydroxylation is 2. The number of rotatable bonds is 4. The number of piperazine rings is 1. The van der Waals surface area contributed by atoms with E-state index in [4.69, 9.17) is 4.42 Å². The third-order valence-corrected chi connectivity index (χ3v) is 6.55. The Kier molecular flexibility index (Phi) is 5.88. The zero-order chi connectivity index (χ0) is 23.7. The van der Waals surface area contributed by atoms with E-state index in [1.165, 1.54) is 16.8 Å². The highest BCUT2D eigenvalue weighted by Gasteiger charge is 2.23. The normalized spacial score (nSPS) is 13.9. The fraction of sp³-hybridized carbons (Fsp3) is 0.250. The molecule has 1 aliphatic heterocycles. The number of carbonyl (C=O) groups excluding carboxylic acids is 1. The predicted octanol–water partition coefficient (Wildman–Crippen LogP) is 5.29. The molecule has 0 atom stereocenters. The molecule has 0 radical (unpaired) electrons. The second kappa shape index (κ2) is 9.14. The van der Waals surface area contributed by atoms with Crippen molar-refractivity contribution in [1.82, 2.24) is 15.1 Å². The minimum absolute atomic E-state index is 0.0538. The molecule has 2 heterocycles. The van der Waals surface area contributed by atoms with Gasteiger partial charge in [0, 0.05) is 48.6 Å². The van der Waals surface area contributed by atoms with E-state index in [0.29, 0.717) is 30.4 Å². The molecule has 5 rings (SSSR count). The van der Waals surface area contributed by atoms with E-state index in [1.54, 1.807) is 0 Å². The Balaban J connectivity index is 1.25. The summed E-state index contributed by atoms with van der Waals surface area (Å²) in [5, 5.41) is 8.37. The second-order valence-electron chi connectivity index (χ2n) is 8.86. The maximum absolute atomic E-state index is 13.1. The van der Waals surface area contributed by atoms with Crippen molar-refractivity contribution in [1.29, 1.82) is 0 Å². The Morgan fingerprint density at radius 1 is 0.794 bits per heavy atom. The Hall–Kier alpha value is -3.93. The van der Waals surface area contributed by atoms with Crippen LogP contribution in [-0.2, 0) is 0 Å². The highest BCUT2D eigenvalue weighted by Crippen LogP contribution is 2.26. The lowest BCUT2D eigenvalue weighted by molar-refractivity contribution is 0.0747. The van der Waals surface area contributed by atoms with Gasteiger partial charge >= 0.3 is 0 Å². The predicted molar refractivity (Wildman–Crippen MR) is 134 cm³/mol. The van der Waals surface area contributed by atoms with Crippen LogP contribution in [0.5, 0.6) is 0 Å². The minimum atomic E-state index is 0.0538. The highest BCUT2D eigenvalue weighted by molar-refractivity contribution is 5.94. The maximum Gasteiger partial charge on any atom is 0.253 e. The molecule has 6 nitrogen and oxygen atoms in total. The van der Waals surface area contributed by atoms with Crippen LogP contribution in [0.15, 0.2) is 71.1 Å². The Morgan fingerprint density at radius 3 is 2.18 bits per heavy atom. The van der Waals surface area contributed by atoms with Crippen LogP contribution in [0.25, 0.3) is 22.9 Å². The van der Waals surface area contributed by atoms with Crippen molar-refractivity contribution in [2.24, 2.45) is 0 Å². The molecule has 0 saturated carbocycles. The molecule has 1 amide bonds. The fourth-order valence-electron chi connectivity index (χ4n) is 4.40. The summed E-state index contributed by atoms with van der Waals surface area (Å²) in [5.74, 6) is 0.983. The molecule has 0 unspecified atom stereocenters. The number of anilines is 1. The van der Waals surface area contributed by atoms with Gasteiger partial charge in [0.15, 0.2) is 0 Å². The zero-order valence-corrected chi connectivity index (χ0v) is 19.8. The van der Waals surface area contributed by atoms with Gasteiger partial charge in [-0.2, -0.15) is 0 Å². The molecule has 172 valence electrons. The van der Waals surface area contributed by atoms with Crippen LogP contribution in [0.1, 0.15) is 27.0 Å². The Morgan fingerprint density at radius 2 is 1.47 bits per heavy atom. The molecule has 0 spiro atoms. The maximum atomic E-state index is 13.1. The van der Waals surface area contributed by atoms with Crippen LogP contribution in [0, 0.1) is 20.8 Å². The van der Waals surface area contributed by atoms with Gasteiger partial charge in [-0.25, -0.2) is 0 Å². The van der Waals surface area contributed by atoms with Gasteiger partial charge in [-0.05, 0) is 74.4 Å². The summed E-state index contributed by atoms with van der Waals surface area (Å²) in [4.78, 5) is 17.4. The van der Waals surface area contributed by atoms with Crippen molar-refractivity contribution in [3.63, 3.8) is 0 Å². The van der Waals surface area contributed by atoms with Crippen LogP contribution in [-0.4, -0.2) is 47.2 Å². The number of benzene rings is 3. The SMILES string of the molecule is Cc1cccc(-c2nnc(-c3ccc(C(=O)N4CCN(c5cccc(C)c5C)CC4)cc3)o2)c1. The summed E-state index contributed by atoms with van der Waals surface area (Å²) >= 11 is 0. The van der Waals surface area contributed by atoms with Crippen molar-refractivity contribution in [2.45, 2.75) is 20.8 Å². The first-order valence-electron chi connectivity index (χ1n) is 11.6. The number of nitrogens with zero attached hydrogens (tertiary/aromatic N) is 4. The molecule has 1 aromatic heterocycles. The molecular formula is C28H28N4O2. The van der Waals surface area contributed by atoms with Crippen LogP contribution in [0.3, 0.4) is 0 Å². The molecular weight excluding hydrogens is 424 g/mol. The van der Waals surface area contributed by atoms with Crippen LogP contribution in [0.4, 0.5) is 5.69 Å². The first-order chi connectivity index (χ1) is 16.5. The highest BCUT2D eigenvalue weighted by atomic mass is 16.4. The molecule has 0 bridgehead atoms. The first kappa shape index (κ1) is 21.9. The lowest BCUT2D eigenvalue weighted by atomic mass is 10.1. The van der Waals surface area contributed by atoms with Crippen LogP contribution in [0.2, 0.25) is 0 Å². The van der Waals surface area contributed by atoms with Crippen LogP contribution < -0.4 is 4.90 Å². The summed E-state index contributed by atoms with van der Waals surface area (Å²) < 4.78 is 5.88. The third-order valence-electron chi connectivity index (χ3n) is 6.55. The standard InChI is InChI=1S/C28H28N4O2/c1-19-6-4-8-24(18-19)27-30-29-26(34-27)22-10-12-23(13-11-22)28(33)32-16-14-31(15-17-32)25-9-5-7-20(2)21(25)3/h4-13,18H,14-17H2,1-3H3. The van der Waals surface area contributed by atoms with Gasteiger partial charge in [0.25, 0.3) is 5.91 Å². The van der Waals surface area contributed by atoms with E-state index in [1.807, 2.05) is 60.4 Å². The lowest BCUT2D eigenvalue weighted by Gasteiger charge is -2.37. The van der Waals surface area contributed by atoms with Crippen molar-refractivity contribution < 1.29 is 9.21 Å². The molecule has 3 aromatic carbocycles.